The van der Waals surface area contributed by atoms with E-state index in [1.807, 2.05) is 6.07 Å². The zero-order valence-corrected chi connectivity index (χ0v) is 10.7. The number of aromatic nitrogens is 1. The number of halogens is 1. The molecule has 0 fully saturated rings. The minimum atomic E-state index is 0.659. The molecule has 3 heteroatoms. The van der Waals surface area contributed by atoms with Crippen molar-refractivity contribution in [2.75, 3.05) is 6.54 Å². The summed E-state index contributed by atoms with van der Waals surface area (Å²) in [5, 5.41) is 2.07. The van der Waals surface area contributed by atoms with Crippen LogP contribution in [0.25, 0.3) is 10.9 Å². The predicted octanol–water partition coefficient (Wildman–Crippen LogP) is 2.95. The van der Waals surface area contributed by atoms with Crippen LogP contribution in [-0.4, -0.2) is 11.1 Å². The summed E-state index contributed by atoms with van der Waals surface area (Å²) in [7, 11) is 2.05. The van der Waals surface area contributed by atoms with Crippen molar-refractivity contribution in [1.82, 2.24) is 4.57 Å². The third-order valence-corrected chi connectivity index (χ3v) is 3.63. The second-order valence-corrected chi connectivity index (χ2v) is 4.69. The first-order chi connectivity index (χ1) is 7.56. The van der Waals surface area contributed by atoms with E-state index in [1.165, 1.54) is 22.2 Å². The monoisotopic (exact) mass is 236 g/mol. The second-order valence-electron chi connectivity index (χ2n) is 4.28. The van der Waals surface area contributed by atoms with E-state index >= 15 is 0 Å². The Kier molecular flexibility index (Phi) is 2.96. The third-order valence-electron chi connectivity index (χ3n) is 3.34. The Morgan fingerprint density at radius 1 is 1.31 bits per heavy atom. The molecule has 2 rings (SSSR count). The standard InChI is InChI=1S/C13H17ClN2/c1-8-9(2)16(3)13-11(8)6-10(4-5-15)7-12(13)14/h6-7H,4-5,15H2,1-3H3. The van der Waals surface area contributed by atoms with Gasteiger partial charge in [-0.2, -0.15) is 0 Å². The Morgan fingerprint density at radius 3 is 2.62 bits per heavy atom. The molecule has 0 radical (unpaired) electrons. The van der Waals surface area contributed by atoms with E-state index in [4.69, 9.17) is 17.3 Å². The molecule has 0 bridgehead atoms. The lowest BCUT2D eigenvalue weighted by atomic mass is 10.1. The summed E-state index contributed by atoms with van der Waals surface area (Å²) in [6, 6.07) is 4.23. The van der Waals surface area contributed by atoms with Crippen LogP contribution in [0.1, 0.15) is 16.8 Å². The number of fused-ring (bicyclic) bond motifs is 1. The summed E-state index contributed by atoms with van der Waals surface area (Å²) >= 11 is 6.33. The fraction of sp³-hybridized carbons (Fsp3) is 0.385. The van der Waals surface area contributed by atoms with Crippen LogP contribution in [0.2, 0.25) is 5.02 Å². The number of benzene rings is 1. The van der Waals surface area contributed by atoms with Crippen LogP contribution in [0.4, 0.5) is 0 Å². The molecule has 0 spiro atoms. The fourth-order valence-corrected chi connectivity index (χ4v) is 2.58. The van der Waals surface area contributed by atoms with E-state index in [2.05, 4.69) is 31.5 Å². The molecule has 0 saturated heterocycles. The van der Waals surface area contributed by atoms with Crippen molar-refractivity contribution >= 4 is 22.5 Å². The molecule has 2 nitrogen and oxygen atoms in total. The Balaban J connectivity index is 2.77. The van der Waals surface area contributed by atoms with E-state index in [0.29, 0.717) is 6.54 Å². The number of hydrogen-bond acceptors (Lipinski definition) is 1. The van der Waals surface area contributed by atoms with Gasteiger partial charge in [0.1, 0.15) is 0 Å². The first-order valence-corrected chi connectivity index (χ1v) is 5.88. The molecule has 0 atom stereocenters. The molecule has 0 saturated carbocycles. The van der Waals surface area contributed by atoms with E-state index < -0.39 is 0 Å². The largest absolute Gasteiger partial charge is 0.346 e. The number of nitrogens with zero attached hydrogens (tertiary/aromatic N) is 1. The number of nitrogens with two attached hydrogens (primary N) is 1. The first kappa shape index (κ1) is 11.5. The zero-order valence-electron chi connectivity index (χ0n) is 9.97. The lowest BCUT2D eigenvalue weighted by molar-refractivity contribution is 0.910. The highest BCUT2D eigenvalue weighted by Gasteiger charge is 2.12. The number of hydrogen-bond donors (Lipinski definition) is 1. The van der Waals surface area contributed by atoms with Crippen molar-refractivity contribution in [3.63, 3.8) is 0 Å². The van der Waals surface area contributed by atoms with Crippen LogP contribution < -0.4 is 5.73 Å². The molecule has 0 aliphatic carbocycles. The summed E-state index contributed by atoms with van der Waals surface area (Å²) in [5.74, 6) is 0. The average molecular weight is 237 g/mol. The van der Waals surface area contributed by atoms with Gasteiger partial charge in [-0.05, 0) is 50.1 Å². The maximum absolute atomic E-state index is 6.33. The summed E-state index contributed by atoms with van der Waals surface area (Å²) < 4.78 is 2.15. The van der Waals surface area contributed by atoms with E-state index in [-0.39, 0.29) is 0 Å². The summed E-state index contributed by atoms with van der Waals surface area (Å²) in [4.78, 5) is 0. The van der Waals surface area contributed by atoms with Gasteiger partial charge in [0.15, 0.2) is 0 Å². The Hall–Kier alpha value is -0.990. The van der Waals surface area contributed by atoms with Crippen molar-refractivity contribution in [1.29, 1.82) is 0 Å². The quantitative estimate of drug-likeness (QED) is 0.854. The molecular weight excluding hydrogens is 220 g/mol. The van der Waals surface area contributed by atoms with Gasteiger partial charge in [0.25, 0.3) is 0 Å². The Morgan fingerprint density at radius 2 is 2.00 bits per heavy atom. The first-order valence-electron chi connectivity index (χ1n) is 5.50. The fourth-order valence-electron chi connectivity index (χ4n) is 2.21. The topological polar surface area (TPSA) is 30.9 Å². The molecule has 16 heavy (non-hydrogen) atoms. The minimum Gasteiger partial charge on any atom is -0.346 e. The number of aryl methyl sites for hydroxylation is 2. The van der Waals surface area contributed by atoms with Gasteiger partial charge >= 0.3 is 0 Å². The van der Waals surface area contributed by atoms with Crippen molar-refractivity contribution in [3.8, 4) is 0 Å². The highest BCUT2D eigenvalue weighted by molar-refractivity contribution is 6.35. The summed E-state index contributed by atoms with van der Waals surface area (Å²) in [6.07, 6.45) is 0.878. The van der Waals surface area contributed by atoms with E-state index in [0.717, 1.165) is 17.0 Å². The van der Waals surface area contributed by atoms with Gasteiger partial charge < -0.3 is 10.3 Å². The molecule has 86 valence electrons. The van der Waals surface area contributed by atoms with Crippen LogP contribution in [0, 0.1) is 13.8 Å². The van der Waals surface area contributed by atoms with Gasteiger partial charge in [-0.25, -0.2) is 0 Å². The van der Waals surface area contributed by atoms with Gasteiger partial charge in [-0.1, -0.05) is 11.6 Å². The third kappa shape index (κ3) is 1.62. The molecule has 1 heterocycles. The average Bonchev–Trinajstić information content (AvgIpc) is 2.45. The van der Waals surface area contributed by atoms with Crippen molar-refractivity contribution in [2.24, 2.45) is 12.8 Å². The molecule has 2 N–H and O–H groups in total. The van der Waals surface area contributed by atoms with Gasteiger partial charge in [-0.15, -0.1) is 0 Å². The predicted molar refractivity (Wildman–Crippen MR) is 70.2 cm³/mol. The van der Waals surface area contributed by atoms with Gasteiger partial charge in [0, 0.05) is 18.1 Å². The van der Waals surface area contributed by atoms with Gasteiger partial charge in [0.2, 0.25) is 0 Å². The smallest absolute Gasteiger partial charge is 0.0672 e. The van der Waals surface area contributed by atoms with Crippen LogP contribution in [0.5, 0.6) is 0 Å². The molecule has 1 aromatic heterocycles. The number of rotatable bonds is 2. The van der Waals surface area contributed by atoms with E-state index in [1.54, 1.807) is 0 Å². The van der Waals surface area contributed by atoms with Crippen LogP contribution in [-0.2, 0) is 13.5 Å². The molecule has 0 unspecified atom stereocenters. The van der Waals surface area contributed by atoms with Crippen molar-refractivity contribution in [2.45, 2.75) is 20.3 Å². The van der Waals surface area contributed by atoms with Crippen LogP contribution in [0.3, 0.4) is 0 Å². The van der Waals surface area contributed by atoms with Gasteiger partial charge in [0.05, 0.1) is 10.5 Å². The molecule has 0 amide bonds. The highest BCUT2D eigenvalue weighted by atomic mass is 35.5. The molecule has 0 aliphatic heterocycles. The molecule has 0 aliphatic rings. The zero-order chi connectivity index (χ0) is 11.9. The van der Waals surface area contributed by atoms with Crippen molar-refractivity contribution < 1.29 is 0 Å². The Bertz CT molecular complexity index is 541. The summed E-state index contributed by atoms with van der Waals surface area (Å²) in [6.45, 7) is 4.92. The van der Waals surface area contributed by atoms with Crippen LogP contribution in [0.15, 0.2) is 12.1 Å². The maximum atomic E-state index is 6.33. The lowest BCUT2D eigenvalue weighted by Gasteiger charge is -2.04. The lowest BCUT2D eigenvalue weighted by Crippen LogP contribution is -2.02. The van der Waals surface area contributed by atoms with Crippen LogP contribution >= 0.6 is 11.6 Å². The normalized spacial score (nSPS) is 11.3. The highest BCUT2D eigenvalue weighted by Crippen LogP contribution is 2.31. The van der Waals surface area contributed by atoms with Crippen molar-refractivity contribution in [3.05, 3.63) is 34.0 Å². The maximum Gasteiger partial charge on any atom is 0.0672 e. The molecule has 2 aromatic rings. The summed E-state index contributed by atoms with van der Waals surface area (Å²) in [5.41, 5.74) is 10.5. The SMILES string of the molecule is Cc1c(C)n(C)c2c(Cl)cc(CCN)cc12. The van der Waals surface area contributed by atoms with E-state index in [9.17, 15) is 0 Å². The van der Waals surface area contributed by atoms with Gasteiger partial charge in [-0.3, -0.25) is 0 Å². The molecular formula is C13H17ClN2. The molecule has 1 aromatic carbocycles. The second kappa shape index (κ2) is 4.11. The Labute approximate surface area is 101 Å². The minimum absolute atomic E-state index is 0.659.